The Kier molecular flexibility index (Phi) is 4.52. The van der Waals surface area contributed by atoms with Crippen molar-refractivity contribution in [3.8, 4) is 0 Å². The van der Waals surface area contributed by atoms with E-state index in [0.29, 0.717) is 17.9 Å². The summed E-state index contributed by atoms with van der Waals surface area (Å²) in [7, 11) is 0. The molecule has 0 saturated heterocycles. The van der Waals surface area contributed by atoms with E-state index in [-0.39, 0.29) is 5.91 Å². The second-order valence-electron chi connectivity index (χ2n) is 5.23. The average Bonchev–Trinajstić information content (AvgIpc) is 2.95. The highest BCUT2D eigenvalue weighted by atomic mass is 79.9. The van der Waals surface area contributed by atoms with Gasteiger partial charge in [-0.25, -0.2) is 4.98 Å². The van der Waals surface area contributed by atoms with Gasteiger partial charge in [0.2, 0.25) is 0 Å². The number of carbonyl (C=O) groups excluding carboxylic acids is 1. The minimum Gasteiger partial charge on any atom is -0.307 e. The Balaban J connectivity index is 1.66. The van der Waals surface area contributed by atoms with Gasteiger partial charge in [0, 0.05) is 18.0 Å². The number of hydrogen-bond acceptors (Lipinski definition) is 3. The highest BCUT2D eigenvalue weighted by molar-refractivity contribution is 9.10. The van der Waals surface area contributed by atoms with Gasteiger partial charge in [-0.05, 0) is 52.2 Å². The number of anilines is 1. The fourth-order valence-corrected chi connectivity index (χ4v) is 2.43. The smallest absolute Gasteiger partial charge is 0.256 e. The van der Waals surface area contributed by atoms with Gasteiger partial charge in [0.15, 0.2) is 0 Å². The van der Waals surface area contributed by atoms with Gasteiger partial charge in [-0.15, -0.1) is 0 Å². The van der Waals surface area contributed by atoms with Crippen LogP contribution in [0.25, 0.3) is 0 Å². The van der Waals surface area contributed by atoms with Crippen molar-refractivity contribution in [2.75, 3.05) is 5.32 Å². The van der Waals surface area contributed by atoms with E-state index in [4.69, 9.17) is 0 Å². The maximum atomic E-state index is 12.2. The van der Waals surface area contributed by atoms with Gasteiger partial charge < -0.3 is 5.32 Å². The summed E-state index contributed by atoms with van der Waals surface area (Å²) in [5, 5.41) is 7.00. The Morgan fingerprint density at radius 3 is 2.57 bits per heavy atom. The molecule has 0 saturated carbocycles. The summed E-state index contributed by atoms with van der Waals surface area (Å²) in [5.74, 6) is 0.376. The van der Waals surface area contributed by atoms with Crippen molar-refractivity contribution in [3.05, 3.63) is 76.2 Å². The molecule has 0 aliphatic rings. The number of halogens is 1. The molecule has 3 aromatic rings. The van der Waals surface area contributed by atoms with Crippen molar-refractivity contribution in [1.82, 2.24) is 14.8 Å². The SMILES string of the molecule is Cc1ccc(NC(=O)c2ccc(Cn3cc(Br)cn3)cc2)nc1. The van der Waals surface area contributed by atoms with Crippen LogP contribution in [0, 0.1) is 6.92 Å². The molecule has 0 atom stereocenters. The third-order valence-electron chi connectivity index (χ3n) is 3.32. The van der Waals surface area contributed by atoms with Crippen molar-refractivity contribution in [3.63, 3.8) is 0 Å². The molecule has 0 fully saturated rings. The maximum absolute atomic E-state index is 12.2. The lowest BCUT2D eigenvalue weighted by Crippen LogP contribution is -2.13. The van der Waals surface area contributed by atoms with Crippen LogP contribution in [0.4, 0.5) is 5.82 Å². The van der Waals surface area contributed by atoms with Gasteiger partial charge in [0.05, 0.1) is 17.2 Å². The van der Waals surface area contributed by atoms with E-state index in [1.54, 1.807) is 30.6 Å². The van der Waals surface area contributed by atoms with Crippen LogP contribution in [0.5, 0.6) is 0 Å². The lowest BCUT2D eigenvalue weighted by molar-refractivity contribution is 0.102. The minimum atomic E-state index is -0.172. The van der Waals surface area contributed by atoms with Gasteiger partial charge in [-0.1, -0.05) is 18.2 Å². The quantitative estimate of drug-likeness (QED) is 0.762. The fourth-order valence-electron chi connectivity index (χ4n) is 2.10. The molecule has 0 radical (unpaired) electrons. The normalized spacial score (nSPS) is 10.5. The van der Waals surface area contributed by atoms with Crippen LogP contribution in [0.2, 0.25) is 0 Å². The van der Waals surface area contributed by atoms with Crippen molar-refractivity contribution in [1.29, 1.82) is 0 Å². The first-order chi connectivity index (χ1) is 11.1. The van der Waals surface area contributed by atoms with Crippen LogP contribution in [0.1, 0.15) is 21.5 Å². The number of amides is 1. The Morgan fingerprint density at radius 1 is 1.17 bits per heavy atom. The van der Waals surface area contributed by atoms with Crippen molar-refractivity contribution < 1.29 is 4.79 Å². The predicted molar refractivity (Wildman–Crippen MR) is 92.4 cm³/mol. The molecule has 0 unspecified atom stereocenters. The molecule has 23 heavy (non-hydrogen) atoms. The Bertz CT molecular complexity index is 809. The second-order valence-corrected chi connectivity index (χ2v) is 6.14. The van der Waals surface area contributed by atoms with Crippen molar-refractivity contribution >= 4 is 27.7 Å². The molecule has 0 spiro atoms. The largest absolute Gasteiger partial charge is 0.307 e. The average molecular weight is 371 g/mol. The summed E-state index contributed by atoms with van der Waals surface area (Å²) in [6.07, 6.45) is 5.38. The van der Waals surface area contributed by atoms with Crippen LogP contribution in [-0.4, -0.2) is 20.7 Å². The number of carbonyl (C=O) groups is 1. The zero-order chi connectivity index (χ0) is 16.2. The number of hydrogen-bond donors (Lipinski definition) is 1. The Labute approximate surface area is 142 Å². The molecule has 2 aromatic heterocycles. The van der Waals surface area contributed by atoms with E-state index in [1.165, 1.54) is 0 Å². The lowest BCUT2D eigenvalue weighted by atomic mass is 10.1. The summed E-state index contributed by atoms with van der Waals surface area (Å²) < 4.78 is 2.77. The van der Waals surface area contributed by atoms with E-state index in [2.05, 4.69) is 31.3 Å². The first kappa shape index (κ1) is 15.4. The topological polar surface area (TPSA) is 59.8 Å². The number of nitrogens with zero attached hydrogens (tertiary/aromatic N) is 3. The van der Waals surface area contributed by atoms with Crippen molar-refractivity contribution in [2.45, 2.75) is 13.5 Å². The van der Waals surface area contributed by atoms with E-state index in [9.17, 15) is 4.79 Å². The highest BCUT2D eigenvalue weighted by Crippen LogP contribution is 2.11. The number of nitrogens with one attached hydrogen (secondary N) is 1. The minimum absolute atomic E-state index is 0.172. The monoisotopic (exact) mass is 370 g/mol. The van der Waals surface area contributed by atoms with Crippen LogP contribution in [-0.2, 0) is 6.54 Å². The van der Waals surface area contributed by atoms with Crippen LogP contribution in [0.15, 0.2) is 59.5 Å². The molecule has 3 rings (SSSR count). The van der Waals surface area contributed by atoms with Gasteiger partial charge in [-0.3, -0.25) is 9.48 Å². The summed E-state index contributed by atoms with van der Waals surface area (Å²) in [6.45, 7) is 2.61. The lowest BCUT2D eigenvalue weighted by Gasteiger charge is -2.06. The number of aryl methyl sites for hydroxylation is 1. The molecular weight excluding hydrogens is 356 g/mol. The van der Waals surface area contributed by atoms with E-state index in [1.807, 2.05) is 36.0 Å². The summed E-state index contributed by atoms with van der Waals surface area (Å²) in [4.78, 5) is 16.4. The van der Waals surface area contributed by atoms with Gasteiger partial charge in [0.25, 0.3) is 5.91 Å². The molecule has 2 heterocycles. The van der Waals surface area contributed by atoms with Crippen LogP contribution in [0.3, 0.4) is 0 Å². The molecule has 1 aromatic carbocycles. The first-order valence-electron chi connectivity index (χ1n) is 7.11. The summed E-state index contributed by atoms with van der Waals surface area (Å²) in [6, 6.07) is 11.2. The third kappa shape index (κ3) is 4.04. The fraction of sp³-hybridized carbons (Fsp3) is 0.118. The van der Waals surface area contributed by atoms with E-state index in [0.717, 1.165) is 15.6 Å². The molecule has 0 aliphatic carbocycles. The maximum Gasteiger partial charge on any atom is 0.256 e. The van der Waals surface area contributed by atoms with Gasteiger partial charge in [0.1, 0.15) is 5.82 Å². The summed E-state index contributed by atoms with van der Waals surface area (Å²) >= 11 is 3.37. The molecule has 1 amide bonds. The van der Waals surface area contributed by atoms with Crippen molar-refractivity contribution in [2.24, 2.45) is 0 Å². The zero-order valence-electron chi connectivity index (χ0n) is 12.5. The van der Waals surface area contributed by atoms with Gasteiger partial charge in [-0.2, -0.15) is 5.10 Å². The molecule has 0 aliphatic heterocycles. The Morgan fingerprint density at radius 2 is 1.96 bits per heavy atom. The molecule has 0 bridgehead atoms. The summed E-state index contributed by atoms with van der Waals surface area (Å²) in [5.41, 5.74) is 2.72. The standard InChI is InChI=1S/C17H15BrN4O/c1-12-2-7-16(19-8-12)21-17(23)14-5-3-13(4-6-14)10-22-11-15(18)9-20-22/h2-9,11H,10H2,1H3,(H,19,21,23). The van der Waals surface area contributed by atoms with Gasteiger partial charge >= 0.3 is 0 Å². The molecule has 6 heteroatoms. The van der Waals surface area contributed by atoms with Crippen LogP contribution < -0.4 is 5.32 Å². The number of benzene rings is 1. The number of aromatic nitrogens is 3. The molecule has 5 nitrogen and oxygen atoms in total. The Hall–Kier alpha value is -2.47. The van der Waals surface area contributed by atoms with E-state index < -0.39 is 0 Å². The number of pyridine rings is 1. The number of rotatable bonds is 4. The van der Waals surface area contributed by atoms with Crippen LogP contribution >= 0.6 is 15.9 Å². The zero-order valence-corrected chi connectivity index (χ0v) is 14.1. The second kappa shape index (κ2) is 6.75. The third-order valence-corrected chi connectivity index (χ3v) is 3.72. The molecule has 1 N–H and O–H groups in total. The highest BCUT2D eigenvalue weighted by Gasteiger charge is 2.07. The van der Waals surface area contributed by atoms with E-state index >= 15 is 0 Å². The molecule has 116 valence electrons. The predicted octanol–water partition coefficient (Wildman–Crippen LogP) is 3.65. The molecular formula is C17H15BrN4O. The first-order valence-corrected chi connectivity index (χ1v) is 7.90.